The molecule has 6 heteroatoms. The summed E-state index contributed by atoms with van der Waals surface area (Å²) < 4.78 is 5.56. The van der Waals surface area contributed by atoms with E-state index in [0.717, 1.165) is 12.0 Å². The van der Waals surface area contributed by atoms with E-state index in [2.05, 4.69) is 22.4 Å². The van der Waals surface area contributed by atoms with Gasteiger partial charge in [-0.2, -0.15) is 0 Å². The van der Waals surface area contributed by atoms with E-state index in [0.29, 0.717) is 25.2 Å². The summed E-state index contributed by atoms with van der Waals surface area (Å²) in [6, 6.07) is 11.9. The highest BCUT2D eigenvalue weighted by Gasteiger charge is 2.26. The average Bonchev–Trinajstić information content (AvgIpc) is 2.67. The lowest BCUT2D eigenvalue weighted by Crippen LogP contribution is -2.51. The van der Waals surface area contributed by atoms with Crippen LogP contribution < -0.4 is 5.32 Å². The fourth-order valence-electron chi connectivity index (χ4n) is 2.92. The van der Waals surface area contributed by atoms with Gasteiger partial charge in [-0.3, -0.25) is 14.6 Å². The van der Waals surface area contributed by atoms with E-state index < -0.39 is 0 Å². The van der Waals surface area contributed by atoms with Gasteiger partial charge in [0.25, 0.3) is 5.91 Å². The van der Waals surface area contributed by atoms with E-state index in [-0.39, 0.29) is 24.5 Å². The maximum absolute atomic E-state index is 12.2. The lowest BCUT2D eigenvalue weighted by Gasteiger charge is -2.33. The predicted molar refractivity (Wildman–Crippen MR) is 97.8 cm³/mol. The highest BCUT2D eigenvalue weighted by molar-refractivity contribution is 5.94. The zero-order valence-corrected chi connectivity index (χ0v) is 14.9. The Morgan fingerprint density at radius 2 is 2.12 bits per heavy atom. The molecule has 0 radical (unpaired) electrons. The van der Waals surface area contributed by atoms with Crippen molar-refractivity contribution in [3.8, 4) is 0 Å². The Bertz CT molecular complexity index is 764. The Kier molecular flexibility index (Phi) is 5.96. The molecule has 1 aromatic heterocycles. The molecule has 0 bridgehead atoms. The molecule has 1 unspecified atom stereocenters. The second-order valence-electron chi connectivity index (χ2n) is 6.47. The van der Waals surface area contributed by atoms with E-state index >= 15 is 0 Å². The van der Waals surface area contributed by atoms with E-state index in [1.807, 2.05) is 30.0 Å². The molecule has 1 aliphatic heterocycles. The second-order valence-corrected chi connectivity index (χ2v) is 6.47. The summed E-state index contributed by atoms with van der Waals surface area (Å²) in [5.74, 6) is -0.191. The molecule has 0 aliphatic carbocycles. The van der Waals surface area contributed by atoms with Crippen LogP contribution in [-0.4, -0.2) is 54.0 Å². The summed E-state index contributed by atoms with van der Waals surface area (Å²) in [4.78, 5) is 30.1. The monoisotopic (exact) mass is 353 g/mol. The third-order valence-corrected chi connectivity index (χ3v) is 4.36. The first kappa shape index (κ1) is 18.1. The van der Waals surface area contributed by atoms with Crippen LogP contribution in [0.4, 0.5) is 0 Å². The van der Waals surface area contributed by atoms with Crippen molar-refractivity contribution >= 4 is 11.8 Å². The minimum Gasteiger partial charge on any atom is -0.365 e. The largest absolute Gasteiger partial charge is 0.365 e. The van der Waals surface area contributed by atoms with Crippen LogP contribution >= 0.6 is 0 Å². The number of ether oxygens (including phenoxy) is 1. The smallest absolute Gasteiger partial charge is 0.252 e. The molecule has 1 fully saturated rings. The Balaban J connectivity index is 1.49. The fourth-order valence-corrected chi connectivity index (χ4v) is 2.92. The van der Waals surface area contributed by atoms with Gasteiger partial charge in [0.2, 0.25) is 5.91 Å². The third-order valence-electron chi connectivity index (χ3n) is 4.36. The number of carbonyl (C=O) groups excluding carboxylic acids is 2. The van der Waals surface area contributed by atoms with Crippen LogP contribution in [-0.2, 0) is 16.0 Å². The van der Waals surface area contributed by atoms with Crippen LogP contribution in [0.3, 0.4) is 0 Å². The fraction of sp³-hybridized carbons (Fsp3) is 0.350. The van der Waals surface area contributed by atoms with Crippen molar-refractivity contribution < 1.29 is 14.3 Å². The summed E-state index contributed by atoms with van der Waals surface area (Å²) >= 11 is 0. The molecule has 1 N–H and O–H groups in total. The van der Waals surface area contributed by atoms with Gasteiger partial charge in [-0.15, -0.1) is 0 Å². The van der Waals surface area contributed by atoms with Crippen molar-refractivity contribution in [2.75, 3.05) is 26.2 Å². The molecule has 2 amide bonds. The van der Waals surface area contributed by atoms with Crippen molar-refractivity contribution in [3.63, 3.8) is 0 Å². The van der Waals surface area contributed by atoms with Crippen LogP contribution in [0.1, 0.15) is 21.5 Å². The van der Waals surface area contributed by atoms with Gasteiger partial charge in [0, 0.05) is 32.0 Å². The SMILES string of the molecule is Cc1cncc(C(=O)NCC2CN(CCc3ccccc3)C(=O)CO2)c1. The first-order chi connectivity index (χ1) is 12.6. The number of nitrogens with one attached hydrogen (secondary N) is 1. The van der Waals surface area contributed by atoms with Crippen molar-refractivity contribution in [1.82, 2.24) is 15.2 Å². The molecular formula is C20H23N3O3. The lowest BCUT2D eigenvalue weighted by atomic mass is 10.1. The van der Waals surface area contributed by atoms with Crippen LogP contribution in [0.2, 0.25) is 0 Å². The normalized spacial score (nSPS) is 17.2. The number of carbonyl (C=O) groups is 2. The number of aromatic nitrogens is 1. The predicted octanol–water partition coefficient (Wildman–Crippen LogP) is 1.59. The summed E-state index contributed by atoms with van der Waals surface area (Å²) in [7, 11) is 0. The molecule has 1 atom stereocenters. The lowest BCUT2D eigenvalue weighted by molar-refractivity contribution is -0.148. The van der Waals surface area contributed by atoms with Crippen LogP contribution in [0.5, 0.6) is 0 Å². The minimum absolute atomic E-state index is 0.00797. The van der Waals surface area contributed by atoms with Crippen LogP contribution in [0, 0.1) is 6.92 Å². The summed E-state index contributed by atoms with van der Waals surface area (Å²) in [6.07, 6.45) is 3.85. The minimum atomic E-state index is -0.204. The van der Waals surface area contributed by atoms with Gasteiger partial charge in [-0.05, 0) is 30.5 Å². The standard InChI is InChI=1S/C20H23N3O3/c1-15-9-17(11-21-10-15)20(25)22-12-18-13-23(19(24)14-26-18)8-7-16-5-3-2-4-6-16/h2-6,9-11,18H,7-8,12-14H2,1H3,(H,22,25). The van der Waals surface area contributed by atoms with Gasteiger partial charge >= 0.3 is 0 Å². The summed E-state index contributed by atoms with van der Waals surface area (Å²) in [6.45, 7) is 3.45. The topological polar surface area (TPSA) is 71.5 Å². The average molecular weight is 353 g/mol. The van der Waals surface area contributed by atoms with Crippen molar-refractivity contribution in [1.29, 1.82) is 0 Å². The van der Waals surface area contributed by atoms with Crippen LogP contribution in [0.25, 0.3) is 0 Å². The first-order valence-electron chi connectivity index (χ1n) is 8.75. The molecule has 2 aromatic rings. The summed E-state index contributed by atoms with van der Waals surface area (Å²) in [5, 5.41) is 2.86. The van der Waals surface area contributed by atoms with Gasteiger partial charge in [0.15, 0.2) is 0 Å². The number of nitrogens with zero attached hydrogens (tertiary/aromatic N) is 2. The van der Waals surface area contributed by atoms with E-state index in [1.165, 1.54) is 5.56 Å². The van der Waals surface area contributed by atoms with Gasteiger partial charge in [0.05, 0.1) is 11.7 Å². The zero-order valence-electron chi connectivity index (χ0n) is 14.9. The molecule has 2 heterocycles. The molecule has 1 saturated heterocycles. The Hall–Kier alpha value is -2.73. The highest BCUT2D eigenvalue weighted by atomic mass is 16.5. The molecule has 0 spiro atoms. The number of aryl methyl sites for hydroxylation is 1. The molecule has 1 aliphatic rings. The number of hydrogen-bond donors (Lipinski definition) is 1. The van der Waals surface area contributed by atoms with E-state index in [1.54, 1.807) is 18.5 Å². The molecule has 1 aromatic carbocycles. The van der Waals surface area contributed by atoms with Crippen molar-refractivity contribution in [3.05, 3.63) is 65.5 Å². The molecule has 136 valence electrons. The number of morpholine rings is 1. The molecule has 26 heavy (non-hydrogen) atoms. The molecule has 0 saturated carbocycles. The van der Waals surface area contributed by atoms with Crippen molar-refractivity contribution in [2.24, 2.45) is 0 Å². The second kappa shape index (κ2) is 8.58. The Labute approximate surface area is 153 Å². The van der Waals surface area contributed by atoms with E-state index in [4.69, 9.17) is 4.74 Å². The summed E-state index contributed by atoms with van der Waals surface area (Å²) in [5.41, 5.74) is 2.66. The van der Waals surface area contributed by atoms with E-state index in [9.17, 15) is 9.59 Å². The Morgan fingerprint density at radius 3 is 2.88 bits per heavy atom. The maximum atomic E-state index is 12.2. The number of rotatable bonds is 6. The highest BCUT2D eigenvalue weighted by Crippen LogP contribution is 2.09. The molecule has 6 nitrogen and oxygen atoms in total. The maximum Gasteiger partial charge on any atom is 0.252 e. The zero-order chi connectivity index (χ0) is 18.4. The van der Waals surface area contributed by atoms with Gasteiger partial charge in [0.1, 0.15) is 6.61 Å². The molecular weight excluding hydrogens is 330 g/mol. The first-order valence-corrected chi connectivity index (χ1v) is 8.75. The third kappa shape index (κ3) is 4.89. The Morgan fingerprint density at radius 1 is 1.31 bits per heavy atom. The number of benzene rings is 1. The van der Waals surface area contributed by atoms with Gasteiger partial charge < -0.3 is 15.0 Å². The number of hydrogen-bond acceptors (Lipinski definition) is 4. The molecule has 3 rings (SSSR count). The van der Waals surface area contributed by atoms with Gasteiger partial charge in [-0.1, -0.05) is 30.3 Å². The number of pyridine rings is 1. The van der Waals surface area contributed by atoms with Crippen LogP contribution in [0.15, 0.2) is 48.8 Å². The van der Waals surface area contributed by atoms with Gasteiger partial charge in [-0.25, -0.2) is 0 Å². The number of amides is 2. The van der Waals surface area contributed by atoms with Crippen molar-refractivity contribution in [2.45, 2.75) is 19.4 Å². The quantitative estimate of drug-likeness (QED) is 0.856.